The lowest BCUT2D eigenvalue weighted by Gasteiger charge is -2.22. The number of hydrogen-bond acceptors (Lipinski definition) is 5. The molecule has 0 aliphatic rings. The third-order valence-electron chi connectivity index (χ3n) is 4.82. The van der Waals surface area contributed by atoms with E-state index in [2.05, 4.69) is 23.1 Å². The fraction of sp³-hybridized carbons (Fsp3) is 0.364. The lowest BCUT2D eigenvalue weighted by Crippen LogP contribution is -2.37. The minimum atomic E-state index is 0. The van der Waals surface area contributed by atoms with E-state index in [9.17, 15) is 4.79 Å². The average Bonchev–Trinajstić information content (AvgIpc) is 3.11. The molecular weight excluding hydrogens is 441 g/mol. The summed E-state index contributed by atoms with van der Waals surface area (Å²) in [6, 6.07) is 9.80. The van der Waals surface area contributed by atoms with Gasteiger partial charge in [0.25, 0.3) is 0 Å². The number of hydrogen-bond donors (Lipinski definition) is 0. The molecule has 8 heteroatoms. The van der Waals surface area contributed by atoms with Crippen LogP contribution in [0.3, 0.4) is 0 Å². The fourth-order valence-electron chi connectivity index (χ4n) is 3.10. The first-order valence-electron chi connectivity index (χ1n) is 9.44. The molecule has 3 aromatic rings. The van der Waals surface area contributed by atoms with Crippen molar-refractivity contribution in [1.82, 2.24) is 9.88 Å². The maximum absolute atomic E-state index is 13.3. The van der Waals surface area contributed by atoms with E-state index < -0.39 is 0 Å². The van der Waals surface area contributed by atoms with Crippen LogP contribution in [0.4, 0.5) is 5.13 Å². The van der Waals surface area contributed by atoms with Crippen molar-refractivity contribution in [2.75, 3.05) is 39.2 Å². The summed E-state index contributed by atoms with van der Waals surface area (Å²) < 4.78 is 6.26. The van der Waals surface area contributed by atoms with Crippen molar-refractivity contribution >= 4 is 56.6 Å². The van der Waals surface area contributed by atoms with Gasteiger partial charge in [0.15, 0.2) is 5.13 Å². The van der Waals surface area contributed by atoms with Crippen molar-refractivity contribution in [3.63, 3.8) is 0 Å². The summed E-state index contributed by atoms with van der Waals surface area (Å²) in [6.45, 7) is 5.36. The van der Waals surface area contributed by atoms with Crippen LogP contribution >= 0.6 is 35.3 Å². The highest BCUT2D eigenvalue weighted by Crippen LogP contribution is 2.38. The first kappa shape index (κ1) is 24.4. The van der Waals surface area contributed by atoms with Crippen molar-refractivity contribution < 1.29 is 9.53 Å². The van der Waals surface area contributed by atoms with E-state index in [0.717, 1.165) is 27.9 Å². The van der Waals surface area contributed by atoms with Gasteiger partial charge in [0.05, 0.1) is 23.3 Å². The molecular formula is C22H27Cl2N3O2S. The van der Waals surface area contributed by atoms with Crippen LogP contribution in [-0.2, 0) is 11.2 Å². The van der Waals surface area contributed by atoms with Crippen molar-refractivity contribution in [2.24, 2.45) is 0 Å². The summed E-state index contributed by atoms with van der Waals surface area (Å²) in [5, 5.41) is 1.25. The monoisotopic (exact) mass is 467 g/mol. The summed E-state index contributed by atoms with van der Waals surface area (Å²) in [6.07, 6.45) is 0.335. The van der Waals surface area contributed by atoms with Gasteiger partial charge in [0.1, 0.15) is 11.3 Å². The molecule has 162 valence electrons. The fourth-order valence-corrected chi connectivity index (χ4v) is 4.40. The van der Waals surface area contributed by atoms with Crippen LogP contribution in [0, 0.1) is 13.8 Å². The molecule has 0 fully saturated rings. The number of aromatic nitrogens is 1. The van der Waals surface area contributed by atoms with E-state index in [1.54, 1.807) is 24.1 Å². The number of amides is 1. The number of likely N-dealkylation sites (N-methyl/N-ethyl adjacent to an activating group) is 1. The zero-order valence-corrected chi connectivity index (χ0v) is 20.2. The molecule has 30 heavy (non-hydrogen) atoms. The number of fused-ring (bicyclic) bond motifs is 1. The number of thiazole rings is 1. The zero-order chi connectivity index (χ0) is 21.1. The summed E-state index contributed by atoms with van der Waals surface area (Å²) in [4.78, 5) is 21.9. The number of carbonyl (C=O) groups excluding carboxylic acids is 1. The predicted molar refractivity (Wildman–Crippen MR) is 129 cm³/mol. The van der Waals surface area contributed by atoms with E-state index >= 15 is 0 Å². The van der Waals surface area contributed by atoms with Gasteiger partial charge < -0.3 is 9.64 Å². The molecule has 0 saturated carbocycles. The smallest absolute Gasteiger partial charge is 0.233 e. The first-order chi connectivity index (χ1) is 13.8. The van der Waals surface area contributed by atoms with Crippen LogP contribution in [-0.4, -0.2) is 50.1 Å². The first-order valence-corrected chi connectivity index (χ1v) is 10.6. The Bertz CT molecular complexity index is 1040. The number of methoxy groups -OCH3 is 1. The summed E-state index contributed by atoms with van der Waals surface area (Å²) in [5.74, 6) is 0.677. The second kappa shape index (κ2) is 10.4. The summed E-state index contributed by atoms with van der Waals surface area (Å²) >= 11 is 7.81. The molecule has 1 amide bonds. The van der Waals surface area contributed by atoms with Crippen molar-refractivity contribution in [1.29, 1.82) is 0 Å². The Morgan fingerprint density at radius 2 is 1.90 bits per heavy atom. The van der Waals surface area contributed by atoms with Crippen LogP contribution in [0.2, 0.25) is 5.02 Å². The molecule has 1 aromatic heterocycles. The Kier molecular flexibility index (Phi) is 8.50. The molecule has 0 unspecified atom stereocenters. The molecule has 0 aliphatic heterocycles. The van der Waals surface area contributed by atoms with Gasteiger partial charge in [-0.1, -0.05) is 46.7 Å². The van der Waals surface area contributed by atoms with Gasteiger partial charge in [-0.15, -0.1) is 12.4 Å². The number of rotatable bonds is 7. The molecule has 2 aromatic carbocycles. The molecule has 1 heterocycles. The van der Waals surface area contributed by atoms with Crippen LogP contribution in [0.15, 0.2) is 30.3 Å². The van der Waals surface area contributed by atoms with Crippen LogP contribution < -0.4 is 9.64 Å². The third kappa shape index (κ3) is 5.43. The largest absolute Gasteiger partial charge is 0.494 e. The van der Waals surface area contributed by atoms with Gasteiger partial charge in [-0.05, 0) is 51.2 Å². The summed E-state index contributed by atoms with van der Waals surface area (Å²) in [7, 11) is 5.59. The SMILES string of the molecule is COc1ccc(Cl)c2sc(N(CCN(C)C)C(=O)Cc3cc(C)ccc3C)nc12.Cl. The van der Waals surface area contributed by atoms with E-state index in [4.69, 9.17) is 21.3 Å². The number of benzene rings is 2. The van der Waals surface area contributed by atoms with Crippen LogP contribution in [0.5, 0.6) is 5.75 Å². The molecule has 0 N–H and O–H groups in total. The molecule has 0 spiro atoms. The molecule has 0 atom stereocenters. The molecule has 0 saturated heterocycles. The highest BCUT2D eigenvalue weighted by molar-refractivity contribution is 7.23. The maximum atomic E-state index is 13.3. The number of ether oxygens (including phenoxy) is 1. The van der Waals surface area contributed by atoms with E-state index in [-0.39, 0.29) is 18.3 Å². The highest BCUT2D eigenvalue weighted by atomic mass is 35.5. The molecule has 3 rings (SSSR count). The van der Waals surface area contributed by atoms with Crippen molar-refractivity contribution in [2.45, 2.75) is 20.3 Å². The van der Waals surface area contributed by atoms with Gasteiger partial charge in [-0.2, -0.15) is 0 Å². The molecule has 0 radical (unpaired) electrons. The second-order valence-electron chi connectivity index (χ2n) is 7.38. The van der Waals surface area contributed by atoms with Gasteiger partial charge in [0.2, 0.25) is 5.91 Å². The lowest BCUT2D eigenvalue weighted by molar-refractivity contribution is -0.118. The Labute approximate surface area is 193 Å². The molecule has 0 bridgehead atoms. The Morgan fingerprint density at radius 3 is 2.57 bits per heavy atom. The number of anilines is 1. The quantitative estimate of drug-likeness (QED) is 0.482. The van der Waals surface area contributed by atoms with E-state index in [1.165, 1.54) is 11.3 Å². The maximum Gasteiger partial charge on any atom is 0.233 e. The average molecular weight is 468 g/mol. The van der Waals surface area contributed by atoms with Crippen LogP contribution in [0.25, 0.3) is 10.2 Å². The Morgan fingerprint density at radius 1 is 1.17 bits per heavy atom. The van der Waals surface area contributed by atoms with Gasteiger partial charge in [-0.25, -0.2) is 4.98 Å². The topological polar surface area (TPSA) is 45.7 Å². The number of nitrogens with zero attached hydrogens (tertiary/aromatic N) is 3. The molecule has 0 aliphatic carbocycles. The number of carbonyl (C=O) groups is 1. The van der Waals surface area contributed by atoms with E-state index in [0.29, 0.717) is 34.4 Å². The van der Waals surface area contributed by atoms with Crippen LogP contribution in [0.1, 0.15) is 16.7 Å². The Balaban J connectivity index is 0.00000320. The highest BCUT2D eigenvalue weighted by Gasteiger charge is 2.22. The van der Waals surface area contributed by atoms with Gasteiger partial charge in [-0.3, -0.25) is 9.69 Å². The normalized spacial score (nSPS) is 10.9. The lowest BCUT2D eigenvalue weighted by atomic mass is 10.0. The summed E-state index contributed by atoms with van der Waals surface area (Å²) in [5.41, 5.74) is 4.00. The zero-order valence-electron chi connectivity index (χ0n) is 17.9. The minimum Gasteiger partial charge on any atom is -0.494 e. The predicted octanol–water partition coefficient (Wildman–Crippen LogP) is 5.13. The number of halogens is 2. The van der Waals surface area contributed by atoms with Crippen molar-refractivity contribution in [3.05, 3.63) is 52.0 Å². The standard InChI is InChI=1S/C22H26ClN3O2S.ClH/c1-14-6-7-15(2)16(12-14)13-19(27)26(11-10-25(3)4)22-24-20-18(28-5)9-8-17(23)21(20)29-22;/h6-9,12H,10-11,13H2,1-5H3;1H. The number of aryl methyl sites for hydroxylation is 2. The Hall–Kier alpha value is -1.86. The minimum absolute atomic E-state index is 0. The van der Waals surface area contributed by atoms with E-state index in [1.807, 2.05) is 27.9 Å². The second-order valence-corrected chi connectivity index (χ2v) is 8.76. The van der Waals surface area contributed by atoms with Gasteiger partial charge in [0, 0.05) is 13.1 Å². The van der Waals surface area contributed by atoms with Crippen molar-refractivity contribution in [3.8, 4) is 5.75 Å². The van der Waals surface area contributed by atoms with Gasteiger partial charge >= 0.3 is 0 Å². The molecule has 5 nitrogen and oxygen atoms in total. The third-order valence-corrected chi connectivity index (χ3v) is 6.35.